The molecule has 0 N–H and O–H groups in total. The molecular formula is C29H35N3O5. The number of methoxy groups -OCH3 is 1. The summed E-state index contributed by atoms with van der Waals surface area (Å²) in [6.07, 6.45) is 2.66. The highest BCUT2D eigenvalue weighted by molar-refractivity contribution is 5.97. The largest absolute Gasteiger partial charge is 0.454 e. The smallest absolute Gasteiger partial charge is 0.254 e. The normalized spacial score (nSPS) is 12.1. The number of rotatable bonds is 12. The van der Waals surface area contributed by atoms with Crippen LogP contribution in [0, 0.1) is 0 Å². The molecule has 1 aromatic heterocycles. The van der Waals surface area contributed by atoms with Gasteiger partial charge in [-0.3, -0.25) is 9.59 Å². The van der Waals surface area contributed by atoms with Crippen molar-refractivity contribution in [1.29, 1.82) is 0 Å². The summed E-state index contributed by atoms with van der Waals surface area (Å²) in [6, 6.07) is 19.4. The topological polar surface area (TPSA) is 73.2 Å². The molecule has 37 heavy (non-hydrogen) atoms. The van der Waals surface area contributed by atoms with Gasteiger partial charge in [-0.15, -0.1) is 0 Å². The highest BCUT2D eigenvalue weighted by Gasteiger charge is 2.26. The van der Waals surface area contributed by atoms with E-state index in [0.717, 1.165) is 12.2 Å². The van der Waals surface area contributed by atoms with E-state index in [9.17, 15) is 9.59 Å². The number of carbonyl (C=O) groups excluding carboxylic acids is 2. The predicted molar refractivity (Wildman–Crippen MR) is 141 cm³/mol. The molecular weight excluding hydrogens is 470 g/mol. The van der Waals surface area contributed by atoms with Crippen LogP contribution in [-0.2, 0) is 22.6 Å². The third kappa shape index (κ3) is 6.71. The van der Waals surface area contributed by atoms with Crippen LogP contribution in [0.1, 0.15) is 41.9 Å². The Morgan fingerprint density at radius 1 is 1.03 bits per heavy atom. The third-order valence-electron chi connectivity index (χ3n) is 6.40. The van der Waals surface area contributed by atoms with Crippen molar-refractivity contribution in [1.82, 2.24) is 14.4 Å². The molecule has 0 saturated carbocycles. The number of carbonyl (C=O) groups is 2. The van der Waals surface area contributed by atoms with Gasteiger partial charge in [0.1, 0.15) is 6.54 Å². The first-order chi connectivity index (χ1) is 18.0. The summed E-state index contributed by atoms with van der Waals surface area (Å²) in [4.78, 5) is 30.5. The van der Waals surface area contributed by atoms with Crippen molar-refractivity contribution in [3.63, 3.8) is 0 Å². The van der Waals surface area contributed by atoms with E-state index in [1.54, 1.807) is 30.2 Å². The zero-order valence-corrected chi connectivity index (χ0v) is 21.8. The molecule has 0 unspecified atom stereocenters. The van der Waals surface area contributed by atoms with Crippen LogP contribution < -0.4 is 9.47 Å². The summed E-state index contributed by atoms with van der Waals surface area (Å²) in [5.74, 6) is 0.827. The van der Waals surface area contributed by atoms with E-state index in [2.05, 4.69) is 16.7 Å². The fourth-order valence-corrected chi connectivity index (χ4v) is 4.38. The maximum atomic E-state index is 13.6. The van der Waals surface area contributed by atoms with Crippen LogP contribution in [0.2, 0.25) is 0 Å². The minimum Gasteiger partial charge on any atom is -0.454 e. The Kier molecular flexibility index (Phi) is 8.85. The SMILES string of the molecule is COCCCN(CC(=O)N(Cc1cccn1Cc1ccccc1)C(C)C)C(=O)c1ccc2c(c1)OCO2. The van der Waals surface area contributed by atoms with Gasteiger partial charge in [0, 0.05) is 50.3 Å². The van der Waals surface area contributed by atoms with Crippen LogP contribution in [0.15, 0.2) is 66.9 Å². The Morgan fingerprint density at radius 2 is 1.81 bits per heavy atom. The van der Waals surface area contributed by atoms with Crippen molar-refractivity contribution in [2.24, 2.45) is 0 Å². The van der Waals surface area contributed by atoms with Crippen LogP contribution in [0.5, 0.6) is 11.5 Å². The molecule has 0 fully saturated rings. The lowest BCUT2D eigenvalue weighted by molar-refractivity contribution is -0.134. The van der Waals surface area contributed by atoms with Crippen molar-refractivity contribution in [3.8, 4) is 11.5 Å². The predicted octanol–water partition coefficient (Wildman–Crippen LogP) is 4.18. The van der Waals surface area contributed by atoms with Gasteiger partial charge in [-0.1, -0.05) is 30.3 Å². The molecule has 8 nitrogen and oxygen atoms in total. The van der Waals surface area contributed by atoms with Crippen LogP contribution in [0.3, 0.4) is 0 Å². The molecule has 0 saturated heterocycles. The number of ether oxygens (including phenoxy) is 3. The first kappa shape index (κ1) is 26.3. The molecule has 0 spiro atoms. The van der Waals surface area contributed by atoms with Crippen molar-refractivity contribution >= 4 is 11.8 Å². The average molecular weight is 506 g/mol. The Morgan fingerprint density at radius 3 is 2.57 bits per heavy atom. The molecule has 2 amide bonds. The Bertz CT molecular complexity index is 1190. The van der Waals surface area contributed by atoms with E-state index in [1.165, 1.54) is 5.56 Å². The first-order valence-corrected chi connectivity index (χ1v) is 12.6. The molecule has 196 valence electrons. The zero-order chi connectivity index (χ0) is 26.2. The molecule has 4 rings (SSSR count). The Hall–Kier alpha value is -3.78. The fraction of sp³-hybridized carbons (Fsp3) is 0.379. The second-order valence-corrected chi connectivity index (χ2v) is 9.37. The van der Waals surface area contributed by atoms with E-state index in [1.807, 2.05) is 55.3 Å². The molecule has 3 aromatic rings. The highest BCUT2D eigenvalue weighted by Crippen LogP contribution is 2.32. The van der Waals surface area contributed by atoms with Gasteiger partial charge in [-0.05, 0) is 56.2 Å². The molecule has 0 radical (unpaired) electrons. The lowest BCUT2D eigenvalue weighted by Gasteiger charge is -2.31. The molecule has 2 aromatic carbocycles. The molecule has 0 atom stereocenters. The van der Waals surface area contributed by atoms with Crippen molar-refractivity contribution < 1.29 is 23.8 Å². The second-order valence-electron chi connectivity index (χ2n) is 9.37. The maximum Gasteiger partial charge on any atom is 0.254 e. The molecule has 2 heterocycles. The molecule has 0 bridgehead atoms. The Balaban J connectivity index is 1.49. The summed E-state index contributed by atoms with van der Waals surface area (Å²) in [6.45, 7) is 6.21. The van der Waals surface area contributed by atoms with E-state index < -0.39 is 0 Å². The first-order valence-electron chi connectivity index (χ1n) is 12.6. The molecule has 0 aliphatic carbocycles. The van der Waals surface area contributed by atoms with Gasteiger partial charge in [0.2, 0.25) is 12.7 Å². The number of aromatic nitrogens is 1. The molecule has 8 heteroatoms. The summed E-state index contributed by atoms with van der Waals surface area (Å²) >= 11 is 0. The third-order valence-corrected chi connectivity index (χ3v) is 6.40. The van der Waals surface area contributed by atoms with E-state index in [4.69, 9.17) is 14.2 Å². The summed E-state index contributed by atoms with van der Waals surface area (Å²) in [5, 5.41) is 0. The van der Waals surface area contributed by atoms with Gasteiger partial charge in [-0.25, -0.2) is 0 Å². The van der Waals surface area contributed by atoms with Crippen LogP contribution >= 0.6 is 0 Å². The summed E-state index contributed by atoms with van der Waals surface area (Å²) in [5.41, 5.74) is 2.70. The van der Waals surface area contributed by atoms with E-state index in [-0.39, 0.29) is 31.2 Å². The minimum atomic E-state index is -0.223. The quantitative estimate of drug-likeness (QED) is 0.345. The lowest BCUT2D eigenvalue weighted by Crippen LogP contribution is -2.45. The van der Waals surface area contributed by atoms with Crippen molar-refractivity contribution in [3.05, 3.63) is 83.7 Å². The Labute approximate surface area is 218 Å². The van der Waals surface area contributed by atoms with Gasteiger partial charge in [0.25, 0.3) is 5.91 Å². The highest BCUT2D eigenvalue weighted by atomic mass is 16.7. The van der Waals surface area contributed by atoms with Crippen LogP contribution in [-0.4, -0.2) is 65.8 Å². The van der Waals surface area contributed by atoms with Gasteiger partial charge in [0.15, 0.2) is 11.5 Å². The van der Waals surface area contributed by atoms with Gasteiger partial charge in [-0.2, -0.15) is 0 Å². The molecule has 1 aliphatic rings. The minimum absolute atomic E-state index is 0.0193. The van der Waals surface area contributed by atoms with E-state index in [0.29, 0.717) is 43.2 Å². The number of nitrogens with zero attached hydrogens (tertiary/aromatic N) is 3. The zero-order valence-electron chi connectivity index (χ0n) is 21.8. The number of benzene rings is 2. The van der Waals surface area contributed by atoms with Crippen LogP contribution in [0.25, 0.3) is 0 Å². The number of fused-ring (bicyclic) bond motifs is 1. The summed E-state index contributed by atoms with van der Waals surface area (Å²) in [7, 11) is 1.63. The second kappa shape index (κ2) is 12.5. The average Bonchev–Trinajstić information content (AvgIpc) is 3.55. The summed E-state index contributed by atoms with van der Waals surface area (Å²) < 4.78 is 18.2. The van der Waals surface area contributed by atoms with Crippen LogP contribution in [0.4, 0.5) is 0 Å². The van der Waals surface area contributed by atoms with E-state index >= 15 is 0 Å². The molecule has 1 aliphatic heterocycles. The maximum absolute atomic E-state index is 13.6. The van der Waals surface area contributed by atoms with Crippen molar-refractivity contribution in [2.45, 2.75) is 39.4 Å². The number of amides is 2. The fourth-order valence-electron chi connectivity index (χ4n) is 4.38. The van der Waals surface area contributed by atoms with Gasteiger partial charge >= 0.3 is 0 Å². The van der Waals surface area contributed by atoms with Crippen molar-refractivity contribution in [2.75, 3.05) is 33.6 Å². The van der Waals surface area contributed by atoms with Gasteiger partial charge < -0.3 is 28.6 Å². The number of hydrogen-bond donors (Lipinski definition) is 0. The van der Waals surface area contributed by atoms with Gasteiger partial charge in [0.05, 0.1) is 6.54 Å². The lowest BCUT2D eigenvalue weighted by atomic mass is 10.1. The monoisotopic (exact) mass is 505 g/mol. The number of hydrogen-bond acceptors (Lipinski definition) is 5. The standard InChI is InChI=1S/C29H35N3O5/c1-22(2)32(19-25-11-7-14-30(25)18-23-9-5-4-6-10-23)28(33)20-31(15-8-16-35-3)29(34)24-12-13-26-27(17-24)37-21-36-26/h4-7,9-14,17,22H,8,15-16,18-21H2,1-3H3.